The Morgan fingerprint density at radius 3 is 2.40 bits per heavy atom. The smallest absolute Gasteiger partial charge is 0.458 e. The topological polar surface area (TPSA) is 37.3 Å². The van der Waals surface area contributed by atoms with E-state index < -0.39 is 12.1 Å². The Labute approximate surface area is 83.3 Å². The second kappa shape index (κ2) is 4.05. The van der Waals surface area contributed by atoms with E-state index in [0.717, 1.165) is 5.92 Å². The van der Waals surface area contributed by atoms with Gasteiger partial charge >= 0.3 is 12.1 Å². The van der Waals surface area contributed by atoms with Gasteiger partial charge in [0, 0.05) is 11.5 Å². The van der Waals surface area contributed by atoms with E-state index in [1.807, 2.05) is 0 Å². The van der Waals surface area contributed by atoms with E-state index in [2.05, 4.69) is 0 Å². The molecule has 1 aromatic rings. The van der Waals surface area contributed by atoms with Crippen molar-refractivity contribution in [2.45, 2.75) is 6.18 Å². The predicted octanol–water partition coefficient (Wildman–Crippen LogP) is 2.30. The van der Waals surface area contributed by atoms with Crippen molar-refractivity contribution >= 4 is 5.97 Å². The number of carboxylic acids is 1. The molecule has 78 valence electrons. The number of alkyl halides is 3. The van der Waals surface area contributed by atoms with Crippen molar-refractivity contribution in [2.75, 3.05) is 0 Å². The predicted molar refractivity (Wildman–Crippen MR) is 46.3 cm³/mol. The number of hydrogen-bond acceptors (Lipinski definition) is 1. The molecule has 0 spiro atoms. The number of benzene rings is 1. The van der Waals surface area contributed by atoms with Gasteiger partial charge in [0.05, 0.1) is 5.56 Å². The van der Waals surface area contributed by atoms with Crippen LogP contribution in [0.4, 0.5) is 13.2 Å². The molecule has 1 N–H and O–H groups in total. The Morgan fingerprint density at radius 2 is 1.87 bits per heavy atom. The lowest BCUT2D eigenvalue weighted by atomic mass is 10.1. The summed E-state index contributed by atoms with van der Waals surface area (Å²) in [5, 5.41) is 8.65. The van der Waals surface area contributed by atoms with Gasteiger partial charge in [0.1, 0.15) is 0 Å². The quantitative estimate of drug-likeness (QED) is 0.728. The number of rotatable bonds is 1. The van der Waals surface area contributed by atoms with Crippen LogP contribution in [0.5, 0.6) is 0 Å². The second-order valence-electron chi connectivity index (χ2n) is 2.60. The van der Waals surface area contributed by atoms with E-state index in [4.69, 9.17) is 5.11 Å². The van der Waals surface area contributed by atoms with Gasteiger partial charge in [0.25, 0.3) is 0 Å². The van der Waals surface area contributed by atoms with Crippen molar-refractivity contribution in [2.24, 2.45) is 0 Å². The molecule has 2 nitrogen and oxygen atoms in total. The van der Waals surface area contributed by atoms with Crippen LogP contribution in [-0.4, -0.2) is 17.3 Å². The molecule has 0 fully saturated rings. The van der Waals surface area contributed by atoms with Crippen molar-refractivity contribution < 1.29 is 23.1 Å². The molecular formula is C10H5F3O2. The van der Waals surface area contributed by atoms with Gasteiger partial charge in [0.2, 0.25) is 0 Å². The fourth-order valence-corrected chi connectivity index (χ4v) is 0.917. The summed E-state index contributed by atoms with van der Waals surface area (Å²) in [5.41, 5.74) is -0.392. The molecule has 1 aromatic carbocycles. The van der Waals surface area contributed by atoms with Gasteiger partial charge in [-0.3, -0.25) is 0 Å². The van der Waals surface area contributed by atoms with Crippen LogP contribution in [0.2, 0.25) is 0 Å². The first kappa shape index (κ1) is 11.1. The molecule has 0 saturated carbocycles. The molecule has 1 rings (SSSR count). The van der Waals surface area contributed by atoms with E-state index in [1.54, 1.807) is 5.92 Å². The molecule has 0 atom stereocenters. The van der Waals surface area contributed by atoms with Gasteiger partial charge in [-0.2, -0.15) is 13.2 Å². The lowest BCUT2D eigenvalue weighted by Gasteiger charge is -1.97. The van der Waals surface area contributed by atoms with Crippen LogP contribution in [0.1, 0.15) is 15.9 Å². The maximum atomic E-state index is 11.8. The number of carbonyl (C=O) groups is 1. The SMILES string of the molecule is O=C(O)c1ccccc1C#CC(F)(F)F. The second-order valence-corrected chi connectivity index (χ2v) is 2.60. The van der Waals surface area contributed by atoms with Crippen LogP contribution in [-0.2, 0) is 0 Å². The van der Waals surface area contributed by atoms with E-state index in [1.165, 1.54) is 24.3 Å². The normalized spacial score (nSPS) is 10.3. The number of hydrogen-bond donors (Lipinski definition) is 1. The lowest BCUT2D eigenvalue weighted by molar-refractivity contribution is -0.0696. The summed E-state index contributed by atoms with van der Waals surface area (Å²) in [6, 6.07) is 5.26. The first-order valence-corrected chi connectivity index (χ1v) is 3.82. The third kappa shape index (κ3) is 3.35. The largest absolute Gasteiger partial charge is 0.478 e. The Balaban J connectivity index is 3.14. The van der Waals surface area contributed by atoms with Crippen molar-refractivity contribution in [1.29, 1.82) is 0 Å². The average molecular weight is 214 g/mol. The van der Waals surface area contributed by atoms with Gasteiger partial charge in [-0.15, -0.1) is 0 Å². The summed E-state index contributed by atoms with van der Waals surface area (Å²) in [4.78, 5) is 10.6. The van der Waals surface area contributed by atoms with Crippen LogP contribution in [0.3, 0.4) is 0 Å². The third-order valence-corrected chi connectivity index (χ3v) is 1.50. The van der Waals surface area contributed by atoms with E-state index in [9.17, 15) is 18.0 Å². The molecule has 0 unspecified atom stereocenters. The zero-order chi connectivity index (χ0) is 11.5. The Hall–Kier alpha value is -1.96. The molecule has 0 heterocycles. The van der Waals surface area contributed by atoms with E-state index in [-0.39, 0.29) is 11.1 Å². The minimum atomic E-state index is -4.62. The van der Waals surface area contributed by atoms with Gasteiger partial charge in [-0.1, -0.05) is 18.1 Å². The highest BCUT2D eigenvalue weighted by molar-refractivity contribution is 5.90. The lowest BCUT2D eigenvalue weighted by Crippen LogP contribution is -2.03. The minimum Gasteiger partial charge on any atom is -0.478 e. The summed E-state index contributed by atoms with van der Waals surface area (Å²) < 4.78 is 35.3. The first-order valence-electron chi connectivity index (χ1n) is 3.82. The highest BCUT2D eigenvalue weighted by Gasteiger charge is 2.23. The average Bonchev–Trinajstić information content (AvgIpc) is 2.14. The van der Waals surface area contributed by atoms with Crippen LogP contribution in [0, 0.1) is 11.8 Å². The first-order chi connectivity index (χ1) is 6.90. The monoisotopic (exact) mass is 214 g/mol. The van der Waals surface area contributed by atoms with E-state index >= 15 is 0 Å². The van der Waals surface area contributed by atoms with Gasteiger partial charge in [-0.05, 0) is 12.1 Å². The van der Waals surface area contributed by atoms with Crippen LogP contribution >= 0.6 is 0 Å². The van der Waals surface area contributed by atoms with E-state index in [0.29, 0.717) is 0 Å². The van der Waals surface area contributed by atoms with Crippen LogP contribution in [0.25, 0.3) is 0 Å². The van der Waals surface area contributed by atoms with Crippen LogP contribution < -0.4 is 0 Å². The maximum Gasteiger partial charge on any atom is 0.458 e. The van der Waals surface area contributed by atoms with Gasteiger partial charge < -0.3 is 5.11 Å². The summed E-state index contributed by atoms with van der Waals surface area (Å²) in [6.07, 6.45) is -4.62. The maximum absolute atomic E-state index is 11.8. The molecule has 0 aromatic heterocycles. The fourth-order valence-electron chi connectivity index (χ4n) is 0.917. The number of halogens is 3. The number of carboxylic acid groups (broad SMARTS) is 1. The molecule has 0 radical (unpaired) electrons. The van der Waals surface area contributed by atoms with Crippen molar-refractivity contribution in [3.05, 3.63) is 35.4 Å². The summed E-state index contributed by atoms with van der Waals surface area (Å²) in [5.74, 6) is 1.50. The molecule has 15 heavy (non-hydrogen) atoms. The summed E-state index contributed by atoms with van der Waals surface area (Å²) >= 11 is 0. The van der Waals surface area contributed by atoms with Crippen molar-refractivity contribution in [3.8, 4) is 11.8 Å². The third-order valence-electron chi connectivity index (χ3n) is 1.50. The van der Waals surface area contributed by atoms with Gasteiger partial charge in [0.15, 0.2) is 0 Å². The number of aromatic carboxylic acids is 1. The highest BCUT2D eigenvalue weighted by Crippen LogP contribution is 2.13. The molecule has 0 aliphatic heterocycles. The Bertz CT molecular complexity index is 438. The van der Waals surface area contributed by atoms with Gasteiger partial charge in [-0.25, -0.2) is 4.79 Å². The minimum absolute atomic E-state index is 0.151. The highest BCUT2D eigenvalue weighted by atomic mass is 19.4. The molecule has 0 aliphatic carbocycles. The summed E-state index contributed by atoms with van der Waals surface area (Å²) in [6.45, 7) is 0. The van der Waals surface area contributed by atoms with Crippen molar-refractivity contribution in [3.63, 3.8) is 0 Å². The Kier molecular flexibility index (Phi) is 3.00. The fraction of sp³-hybridized carbons (Fsp3) is 0.100. The molecule has 0 aliphatic rings. The molecule has 0 bridgehead atoms. The molecular weight excluding hydrogens is 209 g/mol. The molecule has 0 saturated heterocycles. The Morgan fingerprint density at radius 1 is 1.27 bits per heavy atom. The zero-order valence-corrected chi connectivity index (χ0v) is 7.30. The molecule has 5 heteroatoms. The standard InChI is InChI=1S/C10H5F3O2/c11-10(12,13)6-5-7-3-1-2-4-8(7)9(14)15/h1-4H,(H,14,15). The van der Waals surface area contributed by atoms with Crippen LogP contribution in [0.15, 0.2) is 24.3 Å². The molecule has 0 amide bonds. The summed E-state index contributed by atoms with van der Waals surface area (Å²) in [7, 11) is 0. The van der Waals surface area contributed by atoms with Crippen molar-refractivity contribution in [1.82, 2.24) is 0 Å². The zero-order valence-electron chi connectivity index (χ0n) is 7.30.